The second-order valence-corrected chi connectivity index (χ2v) is 4.53. The molecule has 15 heavy (non-hydrogen) atoms. The van der Waals surface area contributed by atoms with Crippen LogP contribution in [0.3, 0.4) is 0 Å². The van der Waals surface area contributed by atoms with E-state index in [-0.39, 0.29) is 5.82 Å². The zero-order valence-corrected chi connectivity index (χ0v) is 9.17. The SMILES string of the molecule is CC1CCCC(Cc2cccc(F)c2)N1. The minimum Gasteiger partial charge on any atom is -0.311 e. The van der Waals surface area contributed by atoms with Gasteiger partial charge in [-0.3, -0.25) is 0 Å². The van der Waals surface area contributed by atoms with Crippen molar-refractivity contribution < 1.29 is 4.39 Å². The fourth-order valence-electron chi connectivity index (χ4n) is 2.35. The molecule has 2 heteroatoms. The Morgan fingerprint density at radius 2 is 2.27 bits per heavy atom. The molecule has 1 nitrogen and oxygen atoms in total. The summed E-state index contributed by atoms with van der Waals surface area (Å²) in [6.07, 6.45) is 4.71. The van der Waals surface area contributed by atoms with Gasteiger partial charge in [-0.05, 0) is 43.9 Å². The van der Waals surface area contributed by atoms with Crippen molar-refractivity contribution in [2.45, 2.75) is 44.7 Å². The van der Waals surface area contributed by atoms with E-state index < -0.39 is 0 Å². The van der Waals surface area contributed by atoms with E-state index in [0.29, 0.717) is 12.1 Å². The zero-order chi connectivity index (χ0) is 10.7. The fourth-order valence-corrected chi connectivity index (χ4v) is 2.35. The smallest absolute Gasteiger partial charge is 0.123 e. The van der Waals surface area contributed by atoms with Gasteiger partial charge in [0.25, 0.3) is 0 Å². The molecule has 1 aliphatic heterocycles. The van der Waals surface area contributed by atoms with Gasteiger partial charge in [-0.25, -0.2) is 4.39 Å². The van der Waals surface area contributed by atoms with Gasteiger partial charge in [-0.1, -0.05) is 18.6 Å². The number of piperidine rings is 1. The molecule has 0 saturated carbocycles. The van der Waals surface area contributed by atoms with E-state index in [1.807, 2.05) is 6.07 Å². The van der Waals surface area contributed by atoms with Crippen LogP contribution >= 0.6 is 0 Å². The fraction of sp³-hybridized carbons (Fsp3) is 0.538. The average molecular weight is 207 g/mol. The summed E-state index contributed by atoms with van der Waals surface area (Å²) in [6.45, 7) is 2.22. The van der Waals surface area contributed by atoms with Gasteiger partial charge in [0.05, 0.1) is 0 Å². The second kappa shape index (κ2) is 4.75. The first-order chi connectivity index (χ1) is 7.24. The first-order valence-electron chi connectivity index (χ1n) is 5.74. The third-order valence-corrected chi connectivity index (χ3v) is 3.08. The van der Waals surface area contributed by atoms with E-state index >= 15 is 0 Å². The number of halogens is 1. The summed E-state index contributed by atoms with van der Waals surface area (Å²) in [7, 11) is 0. The Morgan fingerprint density at radius 1 is 1.40 bits per heavy atom. The quantitative estimate of drug-likeness (QED) is 0.786. The Balaban J connectivity index is 1.96. The van der Waals surface area contributed by atoms with Crippen LogP contribution in [0.2, 0.25) is 0 Å². The number of hydrogen-bond acceptors (Lipinski definition) is 1. The number of nitrogens with one attached hydrogen (secondary N) is 1. The lowest BCUT2D eigenvalue weighted by Gasteiger charge is -2.28. The predicted molar refractivity (Wildman–Crippen MR) is 60.3 cm³/mol. The van der Waals surface area contributed by atoms with E-state index in [4.69, 9.17) is 0 Å². The average Bonchev–Trinajstić information content (AvgIpc) is 2.17. The van der Waals surface area contributed by atoms with E-state index in [0.717, 1.165) is 12.0 Å². The van der Waals surface area contributed by atoms with Crippen LogP contribution in [-0.4, -0.2) is 12.1 Å². The third-order valence-electron chi connectivity index (χ3n) is 3.08. The van der Waals surface area contributed by atoms with E-state index in [9.17, 15) is 4.39 Å². The molecule has 1 aromatic carbocycles. The molecule has 0 amide bonds. The predicted octanol–water partition coefficient (Wildman–Crippen LogP) is 2.90. The summed E-state index contributed by atoms with van der Waals surface area (Å²) < 4.78 is 13.0. The van der Waals surface area contributed by atoms with Crippen molar-refractivity contribution in [3.63, 3.8) is 0 Å². The maximum Gasteiger partial charge on any atom is 0.123 e. The molecule has 0 aliphatic carbocycles. The second-order valence-electron chi connectivity index (χ2n) is 4.53. The molecule has 1 fully saturated rings. The Labute approximate surface area is 90.7 Å². The first kappa shape index (κ1) is 10.6. The molecule has 82 valence electrons. The van der Waals surface area contributed by atoms with Crippen molar-refractivity contribution in [2.75, 3.05) is 0 Å². The molecule has 0 bridgehead atoms. The third kappa shape index (κ3) is 3.03. The molecule has 0 spiro atoms. The standard InChI is InChI=1S/C13H18FN/c1-10-4-2-7-13(15-10)9-11-5-3-6-12(14)8-11/h3,5-6,8,10,13,15H,2,4,7,9H2,1H3. The van der Waals surface area contributed by atoms with Crippen LogP contribution in [0.4, 0.5) is 4.39 Å². The summed E-state index contributed by atoms with van der Waals surface area (Å²) in [5.74, 6) is -0.128. The lowest BCUT2D eigenvalue weighted by molar-refractivity contribution is 0.333. The van der Waals surface area contributed by atoms with Crippen molar-refractivity contribution in [1.29, 1.82) is 0 Å². The van der Waals surface area contributed by atoms with E-state index in [1.54, 1.807) is 12.1 Å². The summed E-state index contributed by atoms with van der Waals surface area (Å²) in [5.41, 5.74) is 1.10. The van der Waals surface area contributed by atoms with Gasteiger partial charge in [0.1, 0.15) is 5.82 Å². The molecule has 2 rings (SSSR count). The Morgan fingerprint density at radius 3 is 3.00 bits per heavy atom. The van der Waals surface area contributed by atoms with Gasteiger partial charge in [0.15, 0.2) is 0 Å². The number of benzene rings is 1. The molecule has 0 radical (unpaired) electrons. The van der Waals surface area contributed by atoms with Crippen LogP contribution in [0.1, 0.15) is 31.7 Å². The zero-order valence-electron chi connectivity index (χ0n) is 9.17. The highest BCUT2D eigenvalue weighted by Crippen LogP contribution is 2.16. The molecule has 0 aromatic heterocycles. The van der Waals surface area contributed by atoms with Crippen LogP contribution in [0, 0.1) is 5.82 Å². The number of hydrogen-bond donors (Lipinski definition) is 1. The van der Waals surface area contributed by atoms with Crippen molar-refractivity contribution in [3.05, 3.63) is 35.6 Å². The lowest BCUT2D eigenvalue weighted by atomic mass is 9.94. The highest BCUT2D eigenvalue weighted by Gasteiger charge is 2.17. The number of rotatable bonds is 2. The van der Waals surface area contributed by atoms with Crippen molar-refractivity contribution in [3.8, 4) is 0 Å². The highest BCUT2D eigenvalue weighted by atomic mass is 19.1. The Kier molecular flexibility index (Phi) is 3.37. The maximum atomic E-state index is 13.0. The molecular formula is C13H18FN. The van der Waals surface area contributed by atoms with E-state index in [1.165, 1.54) is 25.3 Å². The van der Waals surface area contributed by atoms with Crippen molar-refractivity contribution >= 4 is 0 Å². The van der Waals surface area contributed by atoms with Crippen LogP contribution in [0.5, 0.6) is 0 Å². The van der Waals surface area contributed by atoms with Gasteiger partial charge < -0.3 is 5.32 Å². The summed E-state index contributed by atoms with van der Waals surface area (Å²) in [4.78, 5) is 0. The summed E-state index contributed by atoms with van der Waals surface area (Å²) >= 11 is 0. The normalized spacial score (nSPS) is 26.5. The van der Waals surface area contributed by atoms with Gasteiger partial charge >= 0.3 is 0 Å². The van der Waals surface area contributed by atoms with Crippen molar-refractivity contribution in [1.82, 2.24) is 5.32 Å². The van der Waals surface area contributed by atoms with Gasteiger partial charge in [0.2, 0.25) is 0 Å². The molecule has 1 heterocycles. The molecule has 1 aromatic rings. The maximum absolute atomic E-state index is 13.0. The van der Waals surface area contributed by atoms with Crippen LogP contribution < -0.4 is 5.32 Å². The van der Waals surface area contributed by atoms with Gasteiger partial charge in [-0.2, -0.15) is 0 Å². The van der Waals surface area contributed by atoms with Gasteiger partial charge in [0, 0.05) is 12.1 Å². The first-order valence-corrected chi connectivity index (χ1v) is 5.74. The minimum absolute atomic E-state index is 0.128. The van der Waals surface area contributed by atoms with Crippen molar-refractivity contribution in [2.24, 2.45) is 0 Å². The van der Waals surface area contributed by atoms with E-state index in [2.05, 4.69) is 12.2 Å². The van der Waals surface area contributed by atoms with Crippen LogP contribution in [0.15, 0.2) is 24.3 Å². The van der Waals surface area contributed by atoms with Crippen LogP contribution in [-0.2, 0) is 6.42 Å². The minimum atomic E-state index is -0.128. The Bertz CT molecular complexity index is 324. The summed E-state index contributed by atoms with van der Waals surface area (Å²) in [5, 5.41) is 3.56. The highest BCUT2D eigenvalue weighted by molar-refractivity contribution is 5.17. The lowest BCUT2D eigenvalue weighted by Crippen LogP contribution is -2.41. The molecule has 1 aliphatic rings. The molecule has 2 atom stereocenters. The monoisotopic (exact) mass is 207 g/mol. The Hall–Kier alpha value is -0.890. The molecule has 1 N–H and O–H groups in total. The largest absolute Gasteiger partial charge is 0.311 e. The topological polar surface area (TPSA) is 12.0 Å². The van der Waals surface area contributed by atoms with Gasteiger partial charge in [-0.15, -0.1) is 0 Å². The summed E-state index contributed by atoms with van der Waals surface area (Å²) in [6, 6.07) is 8.07. The molecule has 2 unspecified atom stereocenters. The molecule has 1 saturated heterocycles. The van der Waals surface area contributed by atoms with Crippen LogP contribution in [0.25, 0.3) is 0 Å². The molecular weight excluding hydrogens is 189 g/mol.